The lowest BCUT2D eigenvalue weighted by atomic mass is 10.1. The SMILES string of the molecule is N[C@@H]1[C@H](c2ccc3c(c2)OCO3)[C@@H]1S(=O)(=O)c1ccc(Cl)cc1. The van der Waals surface area contributed by atoms with Gasteiger partial charge in [-0.3, -0.25) is 0 Å². The molecule has 23 heavy (non-hydrogen) atoms. The highest BCUT2D eigenvalue weighted by molar-refractivity contribution is 7.92. The Labute approximate surface area is 138 Å². The molecule has 0 saturated heterocycles. The number of ether oxygens (including phenoxy) is 2. The third kappa shape index (κ3) is 2.38. The molecule has 1 aliphatic carbocycles. The first kappa shape index (κ1) is 14.8. The van der Waals surface area contributed by atoms with Gasteiger partial charge >= 0.3 is 0 Å². The summed E-state index contributed by atoms with van der Waals surface area (Å²) in [5.41, 5.74) is 6.92. The predicted molar refractivity (Wildman–Crippen MR) is 85.7 cm³/mol. The van der Waals surface area contributed by atoms with Crippen LogP contribution in [-0.2, 0) is 9.84 Å². The van der Waals surface area contributed by atoms with E-state index in [-0.39, 0.29) is 17.6 Å². The highest BCUT2D eigenvalue weighted by Crippen LogP contribution is 2.49. The number of sulfone groups is 1. The largest absolute Gasteiger partial charge is 0.454 e. The van der Waals surface area contributed by atoms with Gasteiger partial charge < -0.3 is 15.2 Å². The minimum atomic E-state index is -3.50. The van der Waals surface area contributed by atoms with Crippen molar-refractivity contribution in [2.75, 3.05) is 6.79 Å². The normalized spacial score (nSPS) is 25.4. The Kier molecular flexibility index (Phi) is 3.30. The summed E-state index contributed by atoms with van der Waals surface area (Å²) in [4.78, 5) is 0.241. The fourth-order valence-electron chi connectivity index (χ4n) is 3.02. The van der Waals surface area contributed by atoms with E-state index in [4.69, 9.17) is 26.8 Å². The first-order valence-electron chi connectivity index (χ1n) is 7.13. The number of nitrogens with two attached hydrogens (primary N) is 1. The van der Waals surface area contributed by atoms with Crippen LogP contribution in [0.15, 0.2) is 47.4 Å². The molecule has 3 atom stereocenters. The Morgan fingerprint density at radius 2 is 1.74 bits per heavy atom. The van der Waals surface area contributed by atoms with Crippen LogP contribution in [-0.4, -0.2) is 26.5 Å². The molecule has 1 aliphatic heterocycles. The van der Waals surface area contributed by atoms with Gasteiger partial charge in [0.05, 0.1) is 10.1 Å². The second kappa shape index (κ2) is 5.12. The molecule has 2 N–H and O–H groups in total. The third-order valence-electron chi connectivity index (χ3n) is 4.29. The van der Waals surface area contributed by atoms with Crippen LogP contribution in [0.2, 0.25) is 5.02 Å². The van der Waals surface area contributed by atoms with E-state index in [1.54, 1.807) is 18.2 Å². The molecule has 1 heterocycles. The van der Waals surface area contributed by atoms with Gasteiger partial charge in [0.25, 0.3) is 0 Å². The first-order chi connectivity index (χ1) is 11.0. The van der Waals surface area contributed by atoms with Crippen molar-refractivity contribution >= 4 is 21.4 Å². The van der Waals surface area contributed by atoms with Gasteiger partial charge in [-0.2, -0.15) is 0 Å². The lowest BCUT2D eigenvalue weighted by Gasteiger charge is -2.05. The fourth-order valence-corrected chi connectivity index (χ4v) is 5.19. The van der Waals surface area contributed by atoms with Crippen molar-refractivity contribution in [3.05, 3.63) is 53.1 Å². The molecule has 2 aliphatic rings. The van der Waals surface area contributed by atoms with Gasteiger partial charge in [0.15, 0.2) is 21.3 Å². The average molecular weight is 352 g/mol. The fraction of sp³-hybridized carbons (Fsp3) is 0.250. The van der Waals surface area contributed by atoms with Crippen molar-refractivity contribution in [1.82, 2.24) is 0 Å². The lowest BCUT2D eigenvalue weighted by Crippen LogP contribution is -2.15. The molecular weight excluding hydrogens is 338 g/mol. The Morgan fingerprint density at radius 3 is 2.48 bits per heavy atom. The molecule has 5 nitrogen and oxygen atoms in total. The van der Waals surface area contributed by atoms with E-state index in [0.29, 0.717) is 16.5 Å². The zero-order valence-corrected chi connectivity index (χ0v) is 13.5. The molecule has 0 spiro atoms. The second-order valence-electron chi connectivity index (χ2n) is 5.68. The van der Waals surface area contributed by atoms with Crippen LogP contribution >= 0.6 is 11.6 Å². The molecule has 7 heteroatoms. The van der Waals surface area contributed by atoms with Crippen molar-refractivity contribution in [3.8, 4) is 11.5 Å². The van der Waals surface area contributed by atoms with Crippen LogP contribution in [0.5, 0.6) is 11.5 Å². The van der Waals surface area contributed by atoms with E-state index in [2.05, 4.69) is 0 Å². The molecule has 0 radical (unpaired) electrons. The summed E-state index contributed by atoms with van der Waals surface area (Å²) in [6, 6.07) is 11.2. The standard InChI is InChI=1S/C16H14ClNO4S/c17-10-2-4-11(5-3-10)23(19,20)16-14(15(16)18)9-1-6-12-13(7-9)22-8-21-12/h1-7,14-16H,8,18H2/t14-,15+,16-/m0/s1. The Hall–Kier alpha value is -1.76. The van der Waals surface area contributed by atoms with Gasteiger partial charge in [0.2, 0.25) is 6.79 Å². The number of fused-ring (bicyclic) bond motifs is 1. The third-order valence-corrected chi connectivity index (χ3v) is 6.79. The van der Waals surface area contributed by atoms with Crippen molar-refractivity contribution in [1.29, 1.82) is 0 Å². The number of rotatable bonds is 3. The van der Waals surface area contributed by atoms with Crippen LogP contribution in [0.25, 0.3) is 0 Å². The van der Waals surface area contributed by atoms with Gasteiger partial charge in [-0.15, -0.1) is 0 Å². The summed E-state index contributed by atoms with van der Waals surface area (Å²) in [6.07, 6.45) is 0. The molecule has 4 rings (SSSR count). The van der Waals surface area contributed by atoms with E-state index < -0.39 is 21.1 Å². The molecule has 1 fully saturated rings. The monoisotopic (exact) mass is 351 g/mol. The minimum absolute atomic E-state index is 0.183. The number of benzene rings is 2. The van der Waals surface area contributed by atoms with E-state index in [1.807, 2.05) is 12.1 Å². The van der Waals surface area contributed by atoms with Gasteiger partial charge in [0, 0.05) is 17.0 Å². The van der Waals surface area contributed by atoms with Crippen molar-refractivity contribution in [2.45, 2.75) is 22.1 Å². The van der Waals surface area contributed by atoms with Gasteiger partial charge in [-0.1, -0.05) is 17.7 Å². The summed E-state index contributed by atoms with van der Waals surface area (Å²) in [5, 5.41) is -0.139. The smallest absolute Gasteiger partial charge is 0.231 e. The molecule has 2 aromatic carbocycles. The summed E-state index contributed by atoms with van der Waals surface area (Å²) in [7, 11) is -3.50. The predicted octanol–water partition coefficient (Wildman–Crippen LogP) is 2.34. The minimum Gasteiger partial charge on any atom is -0.454 e. The van der Waals surface area contributed by atoms with Crippen LogP contribution in [0.1, 0.15) is 11.5 Å². The highest BCUT2D eigenvalue weighted by atomic mass is 35.5. The molecular formula is C16H14ClNO4S. The maximum absolute atomic E-state index is 12.8. The average Bonchev–Trinajstić information content (AvgIpc) is 3.01. The lowest BCUT2D eigenvalue weighted by molar-refractivity contribution is 0.174. The van der Waals surface area contributed by atoms with Gasteiger partial charge in [0.1, 0.15) is 0 Å². The highest BCUT2D eigenvalue weighted by Gasteiger charge is 2.57. The summed E-state index contributed by atoms with van der Waals surface area (Å²) in [6.45, 7) is 0.183. The summed E-state index contributed by atoms with van der Waals surface area (Å²) < 4.78 is 36.1. The van der Waals surface area contributed by atoms with Gasteiger partial charge in [-0.05, 0) is 42.0 Å². The second-order valence-corrected chi connectivity index (χ2v) is 8.22. The topological polar surface area (TPSA) is 78.6 Å². The van der Waals surface area contributed by atoms with Crippen LogP contribution in [0.3, 0.4) is 0 Å². The first-order valence-corrected chi connectivity index (χ1v) is 9.05. The zero-order chi connectivity index (χ0) is 16.2. The number of hydrogen-bond acceptors (Lipinski definition) is 5. The summed E-state index contributed by atoms with van der Waals surface area (Å²) in [5.74, 6) is 1.05. The molecule has 120 valence electrons. The van der Waals surface area contributed by atoms with E-state index in [9.17, 15) is 8.42 Å². The van der Waals surface area contributed by atoms with Crippen molar-refractivity contribution in [3.63, 3.8) is 0 Å². The summed E-state index contributed by atoms with van der Waals surface area (Å²) >= 11 is 5.82. The van der Waals surface area contributed by atoms with Crippen LogP contribution in [0, 0.1) is 0 Å². The van der Waals surface area contributed by atoms with E-state index in [1.165, 1.54) is 12.1 Å². The van der Waals surface area contributed by atoms with E-state index >= 15 is 0 Å². The molecule has 2 aromatic rings. The molecule has 1 saturated carbocycles. The Bertz CT molecular complexity index is 866. The Balaban J connectivity index is 1.65. The van der Waals surface area contributed by atoms with Crippen molar-refractivity contribution in [2.24, 2.45) is 5.73 Å². The molecule has 0 unspecified atom stereocenters. The maximum Gasteiger partial charge on any atom is 0.231 e. The number of hydrogen-bond donors (Lipinski definition) is 1. The molecule has 0 bridgehead atoms. The Morgan fingerprint density at radius 1 is 1.04 bits per heavy atom. The van der Waals surface area contributed by atoms with Crippen LogP contribution in [0.4, 0.5) is 0 Å². The maximum atomic E-state index is 12.8. The zero-order valence-electron chi connectivity index (χ0n) is 12.0. The molecule has 0 aromatic heterocycles. The van der Waals surface area contributed by atoms with E-state index in [0.717, 1.165) is 5.56 Å². The van der Waals surface area contributed by atoms with Crippen LogP contribution < -0.4 is 15.2 Å². The van der Waals surface area contributed by atoms with Crippen molar-refractivity contribution < 1.29 is 17.9 Å². The molecule has 0 amide bonds. The number of halogens is 1. The quantitative estimate of drug-likeness (QED) is 0.918. The van der Waals surface area contributed by atoms with Gasteiger partial charge in [-0.25, -0.2) is 8.42 Å².